The van der Waals surface area contributed by atoms with E-state index >= 15 is 0 Å². The van der Waals surface area contributed by atoms with Gasteiger partial charge in [0.25, 0.3) is 5.91 Å². The van der Waals surface area contributed by atoms with Crippen LogP contribution in [-0.2, 0) is 0 Å². The van der Waals surface area contributed by atoms with E-state index in [-0.39, 0.29) is 5.91 Å². The van der Waals surface area contributed by atoms with Crippen molar-refractivity contribution >= 4 is 27.3 Å². The Bertz CT molecular complexity index is 591. The van der Waals surface area contributed by atoms with Gasteiger partial charge in [0.2, 0.25) is 0 Å². The first-order valence-corrected chi connectivity index (χ1v) is 8.57. The molecule has 1 aliphatic heterocycles. The van der Waals surface area contributed by atoms with E-state index in [2.05, 4.69) is 41.0 Å². The molecular formula is C16H23N3OS. The Morgan fingerprint density at radius 3 is 2.76 bits per heavy atom. The first kappa shape index (κ1) is 14.6. The van der Waals surface area contributed by atoms with Crippen LogP contribution in [0.4, 0.5) is 0 Å². The number of fused-ring (bicyclic) bond motifs is 1. The van der Waals surface area contributed by atoms with Crippen molar-refractivity contribution < 1.29 is 4.79 Å². The maximum atomic E-state index is 12.2. The number of hydrogen-bond acceptors (Lipinski definition) is 3. The van der Waals surface area contributed by atoms with E-state index in [9.17, 15) is 4.79 Å². The van der Waals surface area contributed by atoms with Crippen molar-refractivity contribution in [2.45, 2.75) is 32.7 Å². The van der Waals surface area contributed by atoms with E-state index < -0.39 is 0 Å². The summed E-state index contributed by atoms with van der Waals surface area (Å²) in [6, 6.07) is 2.46. The lowest BCUT2D eigenvalue weighted by atomic mass is 10.3. The molecule has 0 radical (unpaired) electrons. The molecule has 0 aromatic carbocycles. The minimum absolute atomic E-state index is 0.0616. The van der Waals surface area contributed by atoms with E-state index in [4.69, 9.17) is 0 Å². The minimum atomic E-state index is 0.0616. The predicted octanol–water partition coefficient (Wildman–Crippen LogP) is 3.11. The van der Waals surface area contributed by atoms with Gasteiger partial charge in [-0.25, -0.2) is 0 Å². The van der Waals surface area contributed by atoms with Crippen molar-refractivity contribution in [3.63, 3.8) is 0 Å². The summed E-state index contributed by atoms with van der Waals surface area (Å²) < 4.78 is 3.38. The summed E-state index contributed by atoms with van der Waals surface area (Å²) in [5, 5.41) is 4.20. The molecular weight excluding hydrogens is 282 g/mol. The van der Waals surface area contributed by atoms with E-state index in [0.717, 1.165) is 18.0 Å². The van der Waals surface area contributed by atoms with Crippen LogP contribution >= 0.6 is 11.3 Å². The summed E-state index contributed by atoms with van der Waals surface area (Å²) in [6.07, 6.45) is 6.84. The van der Waals surface area contributed by atoms with Gasteiger partial charge in [0.1, 0.15) is 0 Å². The van der Waals surface area contributed by atoms with Gasteiger partial charge in [0.05, 0.1) is 9.58 Å². The SMILES string of the molecule is CC(C)n1cc2cc(C(=O)NCCN3CCCC3)sc2c1. The first-order chi connectivity index (χ1) is 10.1. The van der Waals surface area contributed by atoms with Crippen molar-refractivity contribution in [1.29, 1.82) is 0 Å². The molecule has 0 atom stereocenters. The molecule has 1 N–H and O–H groups in total. The summed E-state index contributed by atoms with van der Waals surface area (Å²) >= 11 is 1.58. The second-order valence-electron chi connectivity index (χ2n) is 6.03. The molecule has 0 unspecified atom stereocenters. The average molecular weight is 305 g/mol. The van der Waals surface area contributed by atoms with Crippen LogP contribution < -0.4 is 5.32 Å². The zero-order valence-corrected chi connectivity index (χ0v) is 13.6. The molecule has 4 nitrogen and oxygen atoms in total. The number of carbonyl (C=O) groups excluding carboxylic acids is 1. The van der Waals surface area contributed by atoms with Crippen LogP contribution in [0.2, 0.25) is 0 Å². The van der Waals surface area contributed by atoms with Crippen molar-refractivity contribution in [2.75, 3.05) is 26.2 Å². The van der Waals surface area contributed by atoms with E-state index in [1.165, 1.54) is 36.0 Å². The molecule has 1 aliphatic rings. The third-order valence-corrected chi connectivity index (χ3v) is 5.16. The molecule has 0 saturated carbocycles. The third kappa shape index (κ3) is 3.30. The largest absolute Gasteiger partial charge is 0.350 e. The van der Waals surface area contributed by atoms with Gasteiger partial charge >= 0.3 is 0 Å². The Labute approximate surface area is 129 Å². The third-order valence-electron chi connectivity index (χ3n) is 4.08. The van der Waals surface area contributed by atoms with Gasteiger partial charge in [-0.2, -0.15) is 0 Å². The minimum Gasteiger partial charge on any atom is -0.350 e. The fourth-order valence-corrected chi connectivity index (χ4v) is 3.78. The molecule has 2 aromatic heterocycles. The summed E-state index contributed by atoms with van der Waals surface area (Å²) in [4.78, 5) is 15.4. The van der Waals surface area contributed by atoms with Crippen LogP contribution in [0.15, 0.2) is 18.5 Å². The Morgan fingerprint density at radius 2 is 2.10 bits per heavy atom. The molecule has 5 heteroatoms. The predicted molar refractivity (Wildman–Crippen MR) is 88.2 cm³/mol. The van der Waals surface area contributed by atoms with Crippen molar-refractivity contribution in [3.8, 4) is 0 Å². The Morgan fingerprint density at radius 1 is 1.33 bits per heavy atom. The second kappa shape index (κ2) is 6.20. The van der Waals surface area contributed by atoms with Crippen LogP contribution in [0.25, 0.3) is 10.1 Å². The number of nitrogens with zero attached hydrogens (tertiary/aromatic N) is 2. The number of rotatable bonds is 5. The summed E-state index contributed by atoms with van der Waals surface area (Å²) in [7, 11) is 0. The highest BCUT2D eigenvalue weighted by molar-refractivity contribution is 7.20. The van der Waals surface area contributed by atoms with Gasteiger partial charge in [-0.05, 0) is 45.8 Å². The maximum Gasteiger partial charge on any atom is 0.261 e. The molecule has 1 amide bonds. The van der Waals surface area contributed by atoms with Gasteiger partial charge in [0.15, 0.2) is 0 Å². The summed E-state index contributed by atoms with van der Waals surface area (Å²) in [6.45, 7) is 8.39. The van der Waals surface area contributed by atoms with Gasteiger partial charge in [0, 0.05) is 36.9 Å². The molecule has 3 heterocycles. The molecule has 114 valence electrons. The van der Waals surface area contributed by atoms with Crippen LogP contribution in [0.3, 0.4) is 0 Å². The number of likely N-dealkylation sites (tertiary alicyclic amines) is 1. The standard InChI is InChI=1S/C16H23N3OS/c1-12(2)19-10-13-9-14(21-15(13)11-19)16(20)17-5-8-18-6-3-4-7-18/h9-12H,3-8H2,1-2H3,(H,17,20). The lowest BCUT2D eigenvalue weighted by molar-refractivity contribution is 0.0954. The zero-order valence-electron chi connectivity index (χ0n) is 12.8. The molecule has 0 spiro atoms. The summed E-state index contributed by atoms with van der Waals surface area (Å²) in [5.41, 5.74) is 0. The van der Waals surface area contributed by atoms with Gasteiger partial charge in [-0.1, -0.05) is 0 Å². The quantitative estimate of drug-likeness (QED) is 0.921. The molecule has 0 bridgehead atoms. The van der Waals surface area contributed by atoms with E-state index in [1.54, 1.807) is 11.3 Å². The molecule has 3 rings (SSSR count). The highest BCUT2D eigenvalue weighted by Crippen LogP contribution is 2.27. The number of thiophene rings is 1. The van der Waals surface area contributed by atoms with Crippen LogP contribution in [0, 0.1) is 0 Å². The van der Waals surface area contributed by atoms with E-state index in [1.807, 2.05) is 6.07 Å². The lowest BCUT2D eigenvalue weighted by Crippen LogP contribution is -2.33. The summed E-state index contributed by atoms with van der Waals surface area (Å²) in [5.74, 6) is 0.0616. The molecule has 1 fully saturated rings. The number of amides is 1. The fourth-order valence-electron chi connectivity index (χ4n) is 2.79. The van der Waals surface area contributed by atoms with Crippen LogP contribution in [0.1, 0.15) is 42.4 Å². The average Bonchev–Trinajstić information content (AvgIpc) is 3.13. The normalized spacial score (nSPS) is 16.1. The van der Waals surface area contributed by atoms with Crippen LogP contribution in [0.5, 0.6) is 0 Å². The molecule has 0 aliphatic carbocycles. The highest BCUT2D eigenvalue weighted by Gasteiger charge is 2.14. The number of nitrogens with one attached hydrogen (secondary N) is 1. The zero-order chi connectivity index (χ0) is 14.8. The lowest BCUT2D eigenvalue weighted by Gasteiger charge is -2.14. The number of carbonyl (C=O) groups is 1. The first-order valence-electron chi connectivity index (χ1n) is 7.75. The number of hydrogen-bond donors (Lipinski definition) is 1. The van der Waals surface area contributed by atoms with Crippen molar-refractivity contribution in [1.82, 2.24) is 14.8 Å². The number of aromatic nitrogens is 1. The van der Waals surface area contributed by atoms with Gasteiger partial charge < -0.3 is 14.8 Å². The molecule has 1 saturated heterocycles. The van der Waals surface area contributed by atoms with Gasteiger partial charge in [-0.15, -0.1) is 11.3 Å². The van der Waals surface area contributed by atoms with E-state index in [0.29, 0.717) is 6.04 Å². The van der Waals surface area contributed by atoms with Crippen LogP contribution in [-0.4, -0.2) is 41.6 Å². The Balaban J connectivity index is 1.57. The second-order valence-corrected chi connectivity index (χ2v) is 7.12. The topological polar surface area (TPSA) is 37.3 Å². The molecule has 21 heavy (non-hydrogen) atoms. The van der Waals surface area contributed by atoms with Crippen molar-refractivity contribution in [3.05, 3.63) is 23.3 Å². The maximum absolute atomic E-state index is 12.2. The van der Waals surface area contributed by atoms with Gasteiger partial charge in [-0.3, -0.25) is 4.79 Å². The van der Waals surface area contributed by atoms with Crippen molar-refractivity contribution in [2.24, 2.45) is 0 Å². The Hall–Kier alpha value is -1.33. The highest BCUT2D eigenvalue weighted by atomic mass is 32.1. The molecule has 2 aromatic rings. The Kier molecular flexibility index (Phi) is 4.31. The monoisotopic (exact) mass is 305 g/mol. The smallest absolute Gasteiger partial charge is 0.261 e. The fraction of sp³-hybridized carbons (Fsp3) is 0.562.